The quantitative estimate of drug-likeness (QED) is 0.678. The number of rotatable bonds is 7. The van der Waals surface area contributed by atoms with Crippen molar-refractivity contribution in [1.82, 2.24) is 24.9 Å². The normalized spacial score (nSPS) is 17.2. The van der Waals surface area contributed by atoms with Gasteiger partial charge in [0, 0.05) is 57.6 Å². The summed E-state index contributed by atoms with van der Waals surface area (Å²) >= 11 is 0. The van der Waals surface area contributed by atoms with E-state index in [4.69, 9.17) is 5.11 Å². The Balaban J connectivity index is 1.69. The SMILES string of the molecule is CN(CCN1CCNCC1)Cc1cnn(CCO)c1. The third-order valence-corrected chi connectivity index (χ3v) is 3.48. The predicted octanol–water partition coefficient (Wildman–Crippen LogP) is -0.788. The van der Waals surface area contributed by atoms with Crippen molar-refractivity contribution in [3.8, 4) is 0 Å². The minimum absolute atomic E-state index is 0.139. The lowest BCUT2D eigenvalue weighted by Crippen LogP contribution is -2.45. The van der Waals surface area contributed by atoms with Gasteiger partial charge in [0.15, 0.2) is 0 Å². The topological polar surface area (TPSA) is 56.6 Å². The molecule has 1 aromatic rings. The van der Waals surface area contributed by atoms with E-state index in [9.17, 15) is 0 Å². The second kappa shape index (κ2) is 7.59. The standard InChI is InChI=1S/C13H25N5O/c1-16(6-7-17-4-2-14-3-5-17)11-13-10-15-18(12-13)8-9-19/h10,12,14,19H,2-9,11H2,1H3. The molecule has 0 radical (unpaired) electrons. The van der Waals surface area contributed by atoms with Crippen LogP contribution in [0, 0.1) is 0 Å². The molecule has 2 rings (SSSR count). The number of aromatic nitrogens is 2. The van der Waals surface area contributed by atoms with Crippen LogP contribution in [0.5, 0.6) is 0 Å². The van der Waals surface area contributed by atoms with E-state index in [1.54, 1.807) is 4.68 Å². The van der Waals surface area contributed by atoms with Crippen molar-refractivity contribution in [1.29, 1.82) is 0 Å². The predicted molar refractivity (Wildman–Crippen MR) is 75.0 cm³/mol. The number of nitrogens with zero attached hydrogens (tertiary/aromatic N) is 4. The molecule has 0 amide bonds. The highest BCUT2D eigenvalue weighted by Crippen LogP contribution is 2.02. The number of hydrogen-bond acceptors (Lipinski definition) is 5. The zero-order valence-corrected chi connectivity index (χ0v) is 11.8. The van der Waals surface area contributed by atoms with Crippen LogP contribution in [0.25, 0.3) is 0 Å². The van der Waals surface area contributed by atoms with E-state index in [0.29, 0.717) is 6.54 Å². The van der Waals surface area contributed by atoms with Crippen molar-refractivity contribution in [3.05, 3.63) is 18.0 Å². The minimum Gasteiger partial charge on any atom is -0.394 e. The highest BCUT2D eigenvalue weighted by Gasteiger charge is 2.10. The molecule has 0 spiro atoms. The van der Waals surface area contributed by atoms with Crippen LogP contribution in [-0.4, -0.2) is 77.6 Å². The first kappa shape index (κ1) is 14.5. The fourth-order valence-electron chi connectivity index (χ4n) is 2.35. The summed E-state index contributed by atoms with van der Waals surface area (Å²) in [4.78, 5) is 4.82. The second-order valence-electron chi connectivity index (χ2n) is 5.16. The van der Waals surface area contributed by atoms with E-state index < -0.39 is 0 Å². The van der Waals surface area contributed by atoms with E-state index in [1.807, 2.05) is 12.4 Å². The third kappa shape index (κ3) is 4.91. The molecule has 0 unspecified atom stereocenters. The second-order valence-corrected chi connectivity index (χ2v) is 5.16. The lowest BCUT2D eigenvalue weighted by Gasteiger charge is -2.28. The molecule has 2 heterocycles. The summed E-state index contributed by atoms with van der Waals surface area (Å²) < 4.78 is 1.79. The molecule has 0 aromatic carbocycles. The Hall–Kier alpha value is -0.950. The Bertz CT molecular complexity index is 362. The molecule has 0 aliphatic carbocycles. The molecule has 6 nitrogen and oxygen atoms in total. The maximum Gasteiger partial charge on any atom is 0.0640 e. The first-order chi connectivity index (χ1) is 9.28. The molecule has 1 aliphatic rings. The Labute approximate surface area is 115 Å². The monoisotopic (exact) mass is 267 g/mol. The fourth-order valence-corrected chi connectivity index (χ4v) is 2.35. The smallest absolute Gasteiger partial charge is 0.0640 e. The number of hydrogen-bond donors (Lipinski definition) is 2. The number of likely N-dealkylation sites (N-methyl/N-ethyl adjacent to an activating group) is 1. The van der Waals surface area contributed by atoms with Gasteiger partial charge in [0.1, 0.15) is 0 Å². The van der Waals surface area contributed by atoms with Crippen molar-refractivity contribution in [2.45, 2.75) is 13.1 Å². The van der Waals surface area contributed by atoms with Gasteiger partial charge in [-0.25, -0.2) is 0 Å². The van der Waals surface area contributed by atoms with Crippen LogP contribution in [0.2, 0.25) is 0 Å². The molecule has 1 fully saturated rings. The van der Waals surface area contributed by atoms with Gasteiger partial charge in [-0.2, -0.15) is 5.10 Å². The average molecular weight is 267 g/mol. The molecule has 1 aromatic heterocycles. The Kier molecular flexibility index (Phi) is 5.78. The number of nitrogens with one attached hydrogen (secondary N) is 1. The number of piperazine rings is 1. The number of aliphatic hydroxyl groups is 1. The lowest BCUT2D eigenvalue weighted by molar-refractivity contribution is 0.202. The molecule has 19 heavy (non-hydrogen) atoms. The first-order valence-corrected chi connectivity index (χ1v) is 7.02. The summed E-state index contributed by atoms with van der Waals surface area (Å²) in [6, 6.07) is 0. The first-order valence-electron chi connectivity index (χ1n) is 7.02. The van der Waals surface area contributed by atoms with Crippen LogP contribution in [0.4, 0.5) is 0 Å². The Morgan fingerprint density at radius 2 is 2.16 bits per heavy atom. The third-order valence-electron chi connectivity index (χ3n) is 3.48. The molecule has 0 atom stereocenters. The van der Waals surface area contributed by atoms with Crippen LogP contribution >= 0.6 is 0 Å². The lowest BCUT2D eigenvalue weighted by atomic mass is 10.3. The van der Waals surface area contributed by atoms with Gasteiger partial charge in [-0.3, -0.25) is 9.58 Å². The van der Waals surface area contributed by atoms with E-state index >= 15 is 0 Å². The molecule has 0 saturated carbocycles. The van der Waals surface area contributed by atoms with Gasteiger partial charge in [-0.15, -0.1) is 0 Å². The van der Waals surface area contributed by atoms with E-state index in [-0.39, 0.29) is 6.61 Å². The van der Waals surface area contributed by atoms with Crippen LogP contribution in [-0.2, 0) is 13.1 Å². The maximum absolute atomic E-state index is 8.86. The van der Waals surface area contributed by atoms with E-state index in [2.05, 4.69) is 27.3 Å². The van der Waals surface area contributed by atoms with Gasteiger partial charge in [-0.05, 0) is 7.05 Å². The zero-order chi connectivity index (χ0) is 13.5. The summed E-state index contributed by atoms with van der Waals surface area (Å²) in [5.74, 6) is 0. The Morgan fingerprint density at radius 3 is 2.89 bits per heavy atom. The largest absolute Gasteiger partial charge is 0.394 e. The zero-order valence-electron chi connectivity index (χ0n) is 11.8. The fraction of sp³-hybridized carbons (Fsp3) is 0.769. The van der Waals surface area contributed by atoms with Gasteiger partial charge in [0.25, 0.3) is 0 Å². The molecule has 6 heteroatoms. The Morgan fingerprint density at radius 1 is 1.37 bits per heavy atom. The van der Waals surface area contributed by atoms with Gasteiger partial charge < -0.3 is 15.3 Å². The van der Waals surface area contributed by atoms with E-state index in [0.717, 1.165) is 45.8 Å². The minimum atomic E-state index is 0.139. The molecular weight excluding hydrogens is 242 g/mol. The van der Waals surface area contributed by atoms with Gasteiger partial charge >= 0.3 is 0 Å². The van der Waals surface area contributed by atoms with Crippen LogP contribution in [0.15, 0.2) is 12.4 Å². The summed E-state index contributed by atoms with van der Waals surface area (Å²) in [6.45, 7) is 8.36. The van der Waals surface area contributed by atoms with Crippen molar-refractivity contribution in [2.24, 2.45) is 0 Å². The molecule has 2 N–H and O–H groups in total. The summed E-state index contributed by atoms with van der Waals surface area (Å²) in [7, 11) is 2.14. The average Bonchev–Trinajstić information content (AvgIpc) is 2.85. The van der Waals surface area contributed by atoms with Gasteiger partial charge in [0.05, 0.1) is 19.3 Å². The van der Waals surface area contributed by atoms with Crippen molar-refractivity contribution < 1.29 is 5.11 Å². The van der Waals surface area contributed by atoms with Crippen molar-refractivity contribution >= 4 is 0 Å². The summed E-state index contributed by atoms with van der Waals surface area (Å²) in [5.41, 5.74) is 1.20. The highest BCUT2D eigenvalue weighted by molar-refractivity contribution is 5.03. The van der Waals surface area contributed by atoms with E-state index in [1.165, 1.54) is 5.56 Å². The molecular formula is C13H25N5O. The number of aliphatic hydroxyl groups excluding tert-OH is 1. The van der Waals surface area contributed by atoms with Crippen molar-refractivity contribution in [2.75, 3.05) is 52.9 Å². The van der Waals surface area contributed by atoms with Gasteiger partial charge in [-0.1, -0.05) is 0 Å². The van der Waals surface area contributed by atoms with Crippen molar-refractivity contribution in [3.63, 3.8) is 0 Å². The maximum atomic E-state index is 8.86. The molecule has 1 aliphatic heterocycles. The summed E-state index contributed by atoms with van der Waals surface area (Å²) in [5, 5.41) is 16.4. The molecule has 0 bridgehead atoms. The molecule has 108 valence electrons. The molecule has 1 saturated heterocycles. The van der Waals surface area contributed by atoms with Crippen LogP contribution < -0.4 is 5.32 Å². The highest BCUT2D eigenvalue weighted by atomic mass is 16.3. The van der Waals surface area contributed by atoms with Crippen LogP contribution in [0.3, 0.4) is 0 Å². The van der Waals surface area contributed by atoms with Crippen LogP contribution in [0.1, 0.15) is 5.56 Å². The van der Waals surface area contributed by atoms with Gasteiger partial charge in [0.2, 0.25) is 0 Å². The summed E-state index contributed by atoms with van der Waals surface area (Å²) in [6.07, 6.45) is 3.90.